The molecule has 3 heterocycles. The van der Waals surface area contributed by atoms with Crippen molar-refractivity contribution in [3.05, 3.63) is 66.5 Å². The minimum Gasteiger partial charge on any atom is -0.494 e. The topological polar surface area (TPSA) is 71.5 Å². The van der Waals surface area contributed by atoms with Crippen molar-refractivity contribution in [2.75, 3.05) is 37.7 Å². The maximum atomic E-state index is 12.8. The fourth-order valence-corrected chi connectivity index (χ4v) is 3.51. The van der Waals surface area contributed by atoms with Gasteiger partial charge in [-0.2, -0.15) is 0 Å². The van der Waals surface area contributed by atoms with Gasteiger partial charge >= 0.3 is 0 Å². The van der Waals surface area contributed by atoms with E-state index < -0.39 is 0 Å². The molecule has 0 N–H and O–H groups in total. The maximum absolute atomic E-state index is 12.8. The van der Waals surface area contributed by atoms with Crippen LogP contribution in [0.1, 0.15) is 30.1 Å². The van der Waals surface area contributed by atoms with Crippen LogP contribution in [0.25, 0.3) is 11.3 Å². The highest BCUT2D eigenvalue weighted by molar-refractivity contribution is 5.94. The van der Waals surface area contributed by atoms with Crippen LogP contribution < -0.4 is 9.64 Å². The molecule has 0 unspecified atom stereocenters. The number of hydrogen-bond acceptors (Lipinski definition) is 6. The van der Waals surface area contributed by atoms with Gasteiger partial charge in [-0.3, -0.25) is 9.78 Å². The quantitative estimate of drug-likeness (QED) is 0.546. The highest BCUT2D eigenvalue weighted by atomic mass is 16.5. The highest BCUT2D eigenvalue weighted by Gasteiger charge is 2.23. The molecule has 3 aromatic rings. The number of amides is 1. The zero-order valence-corrected chi connectivity index (χ0v) is 17.8. The molecule has 2 aromatic heterocycles. The van der Waals surface area contributed by atoms with E-state index >= 15 is 0 Å². The molecule has 1 saturated heterocycles. The summed E-state index contributed by atoms with van der Waals surface area (Å²) in [6.07, 6.45) is 5.64. The smallest absolute Gasteiger partial charge is 0.253 e. The van der Waals surface area contributed by atoms with Crippen LogP contribution in [0, 0.1) is 0 Å². The Morgan fingerprint density at radius 3 is 2.45 bits per heavy atom. The summed E-state index contributed by atoms with van der Waals surface area (Å²) in [6.45, 7) is 5.60. The predicted molar refractivity (Wildman–Crippen MR) is 120 cm³/mol. The van der Waals surface area contributed by atoms with Gasteiger partial charge in [0.05, 0.1) is 12.3 Å². The molecular weight excluding hydrogens is 390 g/mol. The monoisotopic (exact) mass is 417 g/mol. The Labute approximate surface area is 182 Å². The molecule has 0 saturated carbocycles. The van der Waals surface area contributed by atoms with Crippen molar-refractivity contribution in [3.8, 4) is 17.0 Å². The summed E-state index contributed by atoms with van der Waals surface area (Å²) in [5, 5.41) is 8.71. The SMILES string of the molecule is CCCCOc1ccc(C(=O)N2CCN(c3ccc(-c4cccnc4)nn3)CC2)cc1. The van der Waals surface area contributed by atoms with E-state index in [1.165, 1.54) is 0 Å². The third-order valence-corrected chi connectivity index (χ3v) is 5.37. The van der Waals surface area contributed by atoms with Crippen molar-refractivity contribution in [1.29, 1.82) is 0 Å². The number of ether oxygens (including phenoxy) is 1. The zero-order chi connectivity index (χ0) is 21.5. The number of unbranched alkanes of at least 4 members (excludes halogenated alkanes) is 1. The molecular formula is C24H27N5O2. The third kappa shape index (κ3) is 5.17. The Morgan fingerprint density at radius 2 is 1.81 bits per heavy atom. The Morgan fingerprint density at radius 1 is 1.00 bits per heavy atom. The first-order valence-corrected chi connectivity index (χ1v) is 10.8. The molecule has 7 heteroatoms. The number of carbonyl (C=O) groups excluding carboxylic acids is 1. The number of pyridine rings is 1. The standard InChI is InChI=1S/C24H27N5O2/c1-2-3-17-31-21-8-6-19(7-9-21)24(30)29-15-13-28(14-16-29)23-11-10-22(26-27-23)20-5-4-12-25-18-20/h4-12,18H,2-3,13-17H2,1H3. The minimum absolute atomic E-state index is 0.0535. The molecule has 4 rings (SSSR count). The van der Waals surface area contributed by atoms with Gasteiger partial charge in [0, 0.05) is 49.7 Å². The summed E-state index contributed by atoms with van der Waals surface area (Å²) in [6, 6.07) is 15.2. The fourth-order valence-electron chi connectivity index (χ4n) is 3.51. The van der Waals surface area contributed by atoms with Crippen LogP contribution in [0.15, 0.2) is 60.9 Å². The van der Waals surface area contributed by atoms with Gasteiger partial charge in [-0.25, -0.2) is 0 Å². The summed E-state index contributed by atoms with van der Waals surface area (Å²) >= 11 is 0. The van der Waals surface area contributed by atoms with E-state index in [1.807, 2.05) is 53.4 Å². The Hall–Kier alpha value is -3.48. The van der Waals surface area contributed by atoms with Gasteiger partial charge in [-0.15, -0.1) is 10.2 Å². The van der Waals surface area contributed by atoms with Crippen molar-refractivity contribution in [3.63, 3.8) is 0 Å². The molecule has 0 bridgehead atoms. The molecule has 0 spiro atoms. The largest absolute Gasteiger partial charge is 0.494 e. The Kier molecular flexibility index (Phi) is 6.72. The van der Waals surface area contributed by atoms with E-state index in [-0.39, 0.29) is 5.91 Å². The average molecular weight is 418 g/mol. The van der Waals surface area contributed by atoms with E-state index in [9.17, 15) is 4.79 Å². The second-order valence-electron chi connectivity index (χ2n) is 7.52. The molecule has 1 fully saturated rings. The van der Waals surface area contributed by atoms with Crippen molar-refractivity contribution in [2.24, 2.45) is 0 Å². The van der Waals surface area contributed by atoms with Crippen molar-refractivity contribution >= 4 is 11.7 Å². The van der Waals surface area contributed by atoms with Crippen LogP contribution in [0.3, 0.4) is 0 Å². The van der Waals surface area contributed by atoms with Crippen LogP contribution in [-0.4, -0.2) is 58.8 Å². The molecule has 7 nitrogen and oxygen atoms in total. The fraction of sp³-hybridized carbons (Fsp3) is 0.333. The number of aromatic nitrogens is 3. The number of hydrogen-bond donors (Lipinski definition) is 0. The van der Waals surface area contributed by atoms with Crippen molar-refractivity contribution in [1.82, 2.24) is 20.1 Å². The Bertz CT molecular complexity index is 969. The lowest BCUT2D eigenvalue weighted by molar-refractivity contribution is 0.0746. The highest BCUT2D eigenvalue weighted by Crippen LogP contribution is 2.20. The van der Waals surface area contributed by atoms with Gasteiger partial charge in [0.25, 0.3) is 5.91 Å². The molecule has 1 aromatic carbocycles. The minimum atomic E-state index is 0.0535. The van der Waals surface area contributed by atoms with Gasteiger partial charge in [-0.1, -0.05) is 13.3 Å². The second-order valence-corrected chi connectivity index (χ2v) is 7.52. The lowest BCUT2D eigenvalue weighted by Gasteiger charge is -2.35. The number of carbonyl (C=O) groups is 1. The van der Waals surface area contributed by atoms with Crippen molar-refractivity contribution < 1.29 is 9.53 Å². The van der Waals surface area contributed by atoms with Gasteiger partial charge < -0.3 is 14.5 Å². The van der Waals surface area contributed by atoms with Crippen LogP contribution in [-0.2, 0) is 0 Å². The molecule has 0 radical (unpaired) electrons. The predicted octanol–water partition coefficient (Wildman–Crippen LogP) is 3.68. The van der Waals surface area contributed by atoms with Gasteiger partial charge in [0.15, 0.2) is 5.82 Å². The van der Waals surface area contributed by atoms with Gasteiger partial charge in [-0.05, 0) is 55.0 Å². The number of piperazine rings is 1. The molecule has 0 aliphatic carbocycles. The van der Waals surface area contributed by atoms with Crippen LogP contribution in [0.4, 0.5) is 5.82 Å². The zero-order valence-electron chi connectivity index (χ0n) is 17.8. The lowest BCUT2D eigenvalue weighted by atomic mass is 10.1. The van der Waals surface area contributed by atoms with Crippen molar-refractivity contribution in [2.45, 2.75) is 19.8 Å². The van der Waals surface area contributed by atoms with Crippen LogP contribution in [0.5, 0.6) is 5.75 Å². The molecule has 31 heavy (non-hydrogen) atoms. The third-order valence-electron chi connectivity index (χ3n) is 5.37. The van der Waals surface area contributed by atoms with Crippen LogP contribution >= 0.6 is 0 Å². The first-order chi connectivity index (χ1) is 15.2. The summed E-state index contributed by atoms with van der Waals surface area (Å²) in [4.78, 5) is 21.0. The normalized spacial score (nSPS) is 13.8. The van der Waals surface area contributed by atoms with E-state index in [0.717, 1.165) is 48.8 Å². The molecule has 1 aliphatic rings. The molecule has 1 amide bonds. The summed E-state index contributed by atoms with van der Waals surface area (Å²) in [5.41, 5.74) is 2.43. The first-order valence-electron chi connectivity index (χ1n) is 10.8. The van der Waals surface area contributed by atoms with Gasteiger partial charge in [0.1, 0.15) is 5.75 Å². The number of anilines is 1. The van der Waals surface area contributed by atoms with E-state index in [0.29, 0.717) is 25.3 Å². The first kappa shape index (κ1) is 20.8. The summed E-state index contributed by atoms with van der Waals surface area (Å²) in [5.74, 6) is 1.69. The molecule has 1 aliphatic heterocycles. The molecule has 0 atom stereocenters. The molecule has 160 valence electrons. The maximum Gasteiger partial charge on any atom is 0.253 e. The van der Waals surface area contributed by atoms with E-state index in [2.05, 4.69) is 27.0 Å². The number of nitrogens with zero attached hydrogens (tertiary/aromatic N) is 5. The van der Waals surface area contributed by atoms with Gasteiger partial charge in [0.2, 0.25) is 0 Å². The Balaban J connectivity index is 1.31. The number of rotatable bonds is 7. The van der Waals surface area contributed by atoms with E-state index in [1.54, 1.807) is 12.4 Å². The number of benzene rings is 1. The summed E-state index contributed by atoms with van der Waals surface area (Å²) in [7, 11) is 0. The van der Waals surface area contributed by atoms with Crippen LogP contribution in [0.2, 0.25) is 0 Å². The van der Waals surface area contributed by atoms with E-state index in [4.69, 9.17) is 4.74 Å². The summed E-state index contributed by atoms with van der Waals surface area (Å²) < 4.78 is 5.68. The lowest BCUT2D eigenvalue weighted by Crippen LogP contribution is -2.49. The second kappa shape index (κ2) is 10.0. The average Bonchev–Trinajstić information content (AvgIpc) is 2.85.